The van der Waals surface area contributed by atoms with Gasteiger partial charge in [-0.2, -0.15) is 0 Å². The molecule has 1 aliphatic heterocycles. The van der Waals surface area contributed by atoms with Gasteiger partial charge in [0.25, 0.3) is 5.56 Å². The molecule has 1 aliphatic rings. The Morgan fingerprint density at radius 3 is 2.58 bits per heavy atom. The Morgan fingerprint density at radius 1 is 1.29 bits per heavy atom. The van der Waals surface area contributed by atoms with Crippen molar-refractivity contribution in [1.29, 1.82) is 0 Å². The summed E-state index contributed by atoms with van der Waals surface area (Å²) >= 11 is 0. The zero-order valence-corrected chi connectivity index (χ0v) is 14.9. The van der Waals surface area contributed by atoms with Crippen molar-refractivity contribution in [2.45, 2.75) is 46.1 Å². The highest BCUT2D eigenvalue weighted by molar-refractivity contribution is 7.53. The minimum Gasteiger partial charge on any atom is -0.340 e. The molecule has 1 aromatic heterocycles. The molecule has 1 N–H and O–H groups in total. The number of nitrogens with one attached hydrogen (secondary N) is 1. The van der Waals surface area contributed by atoms with Crippen LogP contribution < -0.4 is 11.2 Å². The predicted octanol–water partition coefficient (Wildman–Crippen LogP) is 1.72. The van der Waals surface area contributed by atoms with E-state index in [9.17, 15) is 14.2 Å². The normalized spacial score (nSPS) is 21.3. The largest absolute Gasteiger partial charge is 0.356 e. The fourth-order valence-electron chi connectivity index (χ4n) is 2.40. The maximum Gasteiger partial charge on any atom is 0.356 e. The van der Waals surface area contributed by atoms with Gasteiger partial charge < -0.3 is 18.5 Å². The number of ether oxygens (including phenoxy) is 2. The Morgan fingerprint density at radius 2 is 1.96 bits per heavy atom. The lowest BCUT2D eigenvalue weighted by atomic mass is 10.3. The van der Waals surface area contributed by atoms with Crippen LogP contribution in [0.2, 0.25) is 0 Å². The number of rotatable bonds is 8. The van der Waals surface area contributed by atoms with Crippen molar-refractivity contribution >= 4 is 7.60 Å². The first-order valence-electron chi connectivity index (χ1n) is 7.85. The third kappa shape index (κ3) is 4.64. The summed E-state index contributed by atoms with van der Waals surface area (Å²) < 4.78 is 35.1. The van der Waals surface area contributed by atoms with Gasteiger partial charge in [0.15, 0.2) is 12.6 Å². The Kier molecular flexibility index (Phi) is 6.54. The summed E-state index contributed by atoms with van der Waals surface area (Å²) in [6, 6.07) is 0. The summed E-state index contributed by atoms with van der Waals surface area (Å²) in [6.45, 7) is 5.55. The van der Waals surface area contributed by atoms with Gasteiger partial charge in [0.05, 0.1) is 13.2 Å². The highest BCUT2D eigenvalue weighted by Gasteiger charge is 2.32. The molecule has 0 radical (unpaired) electrons. The maximum atomic E-state index is 12.3. The fourth-order valence-corrected chi connectivity index (χ4v) is 3.76. The monoisotopic (exact) mass is 362 g/mol. The van der Waals surface area contributed by atoms with Gasteiger partial charge >= 0.3 is 13.3 Å². The van der Waals surface area contributed by atoms with Crippen LogP contribution in [0.15, 0.2) is 15.8 Å². The Labute approximate surface area is 139 Å². The first-order valence-corrected chi connectivity index (χ1v) is 9.58. The van der Waals surface area contributed by atoms with Gasteiger partial charge in [-0.15, -0.1) is 0 Å². The van der Waals surface area contributed by atoms with Crippen LogP contribution in [0.25, 0.3) is 0 Å². The Hall–Kier alpha value is -1.25. The van der Waals surface area contributed by atoms with Gasteiger partial charge in [-0.25, -0.2) is 4.79 Å². The molecule has 1 saturated heterocycles. The average Bonchev–Trinajstić information content (AvgIpc) is 2.98. The zero-order chi connectivity index (χ0) is 17.7. The fraction of sp³-hybridized carbons (Fsp3) is 0.714. The summed E-state index contributed by atoms with van der Waals surface area (Å²) in [7, 11) is -3.31. The second-order valence-corrected chi connectivity index (χ2v) is 7.31. The van der Waals surface area contributed by atoms with Crippen molar-refractivity contribution in [3.63, 3.8) is 0 Å². The number of hydrogen-bond donors (Lipinski definition) is 1. The van der Waals surface area contributed by atoms with Gasteiger partial charge in [0.1, 0.15) is 6.23 Å². The number of aromatic amines is 1. The van der Waals surface area contributed by atoms with E-state index in [1.165, 1.54) is 10.8 Å². The van der Waals surface area contributed by atoms with E-state index in [0.717, 1.165) is 0 Å². The number of aryl methyl sites for hydroxylation is 1. The van der Waals surface area contributed by atoms with E-state index in [1.54, 1.807) is 20.8 Å². The lowest BCUT2D eigenvalue weighted by Crippen LogP contribution is -2.33. The lowest BCUT2D eigenvalue weighted by molar-refractivity contribution is -0.142. The van der Waals surface area contributed by atoms with Crippen LogP contribution in [0, 0.1) is 6.92 Å². The SMILES string of the molecule is CCOP(=O)(COC1CCC(n2cc(C)c(=O)[nH]c2=O)O1)OCC. The standard InChI is InChI=1S/C14H23N2O7P/c1-4-21-24(19,22-5-2)9-20-12-7-6-11(23-12)16-8-10(3)13(17)15-14(16)18/h8,11-12H,4-7,9H2,1-3H3,(H,15,17,18). The Bertz CT molecular complexity index is 704. The summed E-state index contributed by atoms with van der Waals surface area (Å²) in [5.41, 5.74) is -0.540. The highest BCUT2D eigenvalue weighted by atomic mass is 31.2. The average molecular weight is 362 g/mol. The highest BCUT2D eigenvalue weighted by Crippen LogP contribution is 2.48. The van der Waals surface area contributed by atoms with Crippen molar-refractivity contribution in [2.24, 2.45) is 0 Å². The number of H-pyrrole nitrogens is 1. The first-order chi connectivity index (χ1) is 11.4. The smallest absolute Gasteiger partial charge is 0.340 e. The molecular weight excluding hydrogens is 339 g/mol. The molecule has 0 amide bonds. The molecule has 1 aromatic rings. The quantitative estimate of drug-likeness (QED) is 0.701. The molecule has 9 nitrogen and oxygen atoms in total. The molecule has 0 aromatic carbocycles. The van der Waals surface area contributed by atoms with Crippen molar-refractivity contribution in [3.05, 3.63) is 32.6 Å². The molecule has 136 valence electrons. The number of nitrogens with zero attached hydrogens (tertiary/aromatic N) is 1. The van der Waals surface area contributed by atoms with Crippen molar-refractivity contribution in [1.82, 2.24) is 9.55 Å². The minimum absolute atomic E-state index is 0.217. The molecule has 1 fully saturated rings. The van der Waals surface area contributed by atoms with Gasteiger partial charge in [0, 0.05) is 18.2 Å². The van der Waals surface area contributed by atoms with Gasteiger partial charge in [-0.05, 0) is 27.2 Å². The summed E-state index contributed by atoms with van der Waals surface area (Å²) in [5, 5.41) is 0. The molecule has 2 atom stereocenters. The molecule has 24 heavy (non-hydrogen) atoms. The second-order valence-electron chi connectivity index (χ2n) is 5.32. The summed E-state index contributed by atoms with van der Waals surface area (Å²) in [4.78, 5) is 25.5. The Balaban J connectivity index is 1.98. The molecule has 0 aliphatic carbocycles. The zero-order valence-electron chi connectivity index (χ0n) is 14.0. The summed E-state index contributed by atoms with van der Waals surface area (Å²) in [6.07, 6.45) is 1.13. The number of hydrogen-bond acceptors (Lipinski definition) is 7. The molecule has 10 heteroatoms. The van der Waals surface area contributed by atoms with E-state index < -0.39 is 31.4 Å². The molecule has 0 spiro atoms. The van der Waals surface area contributed by atoms with E-state index >= 15 is 0 Å². The van der Waals surface area contributed by atoms with Crippen molar-refractivity contribution in [3.8, 4) is 0 Å². The second kappa shape index (κ2) is 8.22. The molecular formula is C14H23N2O7P. The predicted molar refractivity (Wildman–Crippen MR) is 86.0 cm³/mol. The van der Waals surface area contributed by atoms with Crippen LogP contribution in [0.3, 0.4) is 0 Å². The number of aromatic nitrogens is 2. The van der Waals surface area contributed by atoms with Crippen LogP contribution in [0.4, 0.5) is 0 Å². The first kappa shape index (κ1) is 19.1. The van der Waals surface area contributed by atoms with Crippen LogP contribution in [0.1, 0.15) is 38.5 Å². The topological polar surface area (TPSA) is 109 Å². The van der Waals surface area contributed by atoms with Crippen molar-refractivity contribution in [2.75, 3.05) is 19.6 Å². The van der Waals surface area contributed by atoms with E-state index in [1.807, 2.05) is 0 Å². The van der Waals surface area contributed by atoms with E-state index in [2.05, 4.69) is 4.98 Å². The molecule has 2 unspecified atom stereocenters. The third-order valence-electron chi connectivity index (χ3n) is 3.48. The van der Waals surface area contributed by atoms with Gasteiger partial charge in [-0.1, -0.05) is 0 Å². The third-order valence-corrected chi connectivity index (χ3v) is 5.25. The maximum absolute atomic E-state index is 12.3. The van der Waals surface area contributed by atoms with E-state index in [4.69, 9.17) is 18.5 Å². The molecule has 0 saturated carbocycles. The summed E-state index contributed by atoms with van der Waals surface area (Å²) in [5.74, 6) is 0. The molecule has 0 bridgehead atoms. The lowest BCUT2D eigenvalue weighted by Gasteiger charge is -2.20. The van der Waals surface area contributed by atoms with Gasteiger partial charge in [-0.3, -0.25) is 18.9 Å². The van der Waals surface area contributed by atoms with Crippen molar-refractivity contribution < 1.29 is 23.1 Å². The van der Waals surface area contributed by atoms with Crippen LogP contribution >= 0.6 is 7.60 Å². The van der Waals surface area contributed by atoms with Crippen LogP contribution in [-0.2, 0) is 23.1 Å². The van der Waals surface area contributed by atoms with E-state index in [0.29, 0.717) is 18.4 Å². The van der Waals surface area contributed by atoms with Crippen LogP contribution in [-0.4, -0.2) is 35.4 Å². The molecule has 2 rings (SSSR count). The van der Waals surface area contributed by atoms with Gasteiger partial charge in [0.2, 0.25) is 0 Å². The van der Waals surface area contributed by atoms with Crippen LogP contribution in [0.5, 0.6) is 0 Å². The minimum atomic E-state index is -3.31. The van der Waals surface area contributed by atoms with E-state index in [-0.39, 0.29) is 19.6 Å². The molecule has 2 heterocycles.